The van der Waals surface area contributed by atoms with Crippen LogP contribution in [0.1, 0.15) is 32.8 Å². The Hall–Kier alpha value is -2.63. The quantitative estimate of drug-likeness (QED) is 0.275. The molecule has 0 spiro atoms. The summed E-state index contributed by atoms with van der Waals surface area (Å²) in [7, 11) is -4.09. The van der Waals surface area contributed by atoms with Crippen LogP contribution in [-0.2, 0) is 26.2 Å². The van der Waals surface area contributed by atoms with Crippen LogP contribution in [0, 0.1) is 3.57 Å². The normalized spacial score (nSPS) is 12.9. The van der Waals surface area contributed by atoms with E-state index in [4.69, 9.17) is 11.6 Å². The predicted octanol–water partition coefficient (Wildman–Crippen LogP) is 5.47. The first-order valence-electron chi connectivity index (χ1n) is 12.2. The monoisotopic (exact) mass is 667 g/mol. The van der Waals surface area contributed by atoms with Crippen molar-refractivity contribution >= 4 is 61.7 Å². The lowest BCUT2D eigenvalue weighted by Gasteiger charge is -2.32. The van der Waals surface area contributed by atoms with Gasteiger partial charge in [-0.3, -0.25) is 13.9 Å². The van der Waals surface area contributed by atoms with Gasteiger partial charge in [0.15, 0.2) is 0 Å². The zero-order valence-electron chi connectivity index (χ0n) is 21.5. The molecule has 0 aliphatic rings. The summed E-state index contributed by atoms with van der Waals surface area (Å²) in [5.74, 6) is -0.860. The van der Waals surface area contributed by atoms with E-state index in [9.17, 15) is 18.0 Å². The molecule has 3 aromatic rings. The molecule has 7 nitrogen and oxygen atoms in total. The summed E-state index contributed by atoms with van der Waals surface area (Å²) in [5.41, 5.74) is 0.995. The number of hydrogen-bond donors (Lipinski definition) is 1. The summed E-state index contributed by atoms with van der Waals surface area (Å²) in [6, 6.07) is 20.9. The number of anilines is 1. The number of sulfonamides is 1. The second kappa shape index (κ2) is 13.4. The van der Waals surface area contributed by atoms with Crippen LogP contribution in [-0.4, -0.2) is 43.8 Å². The van der Waals surface area contributed by atoms with E-state index >= 15 is 0 Å². The molecular formula is C28H31ClIN3O4S. The van der Waals surface area contributed by atoms with Crippen molar-refractivity contribution in [1.29, 1.82) is 0 Å². The Balaban J connectivity index is 2.02. The molecule has 202 valence electrons. The van der Waals surface area contributed by atoms with Gasteiger partial charge in [0.05, 0.1) is 10.6 Å². The molecule has 10 heteroatoms. The van der Waals surface area contributed by atoms with Crippen LogP contribution in [0.25, 0.3) is 0 Å². The molecule has 0 aliphatic carbocycles. The average Bonchev–Trinajstić information content (AvgIpc) is 2.91. The van der Waals surface area contributed by atoms with Gasteiger partial charge in [-0.25, -0.2) is 8.42 Å². The second-order valence-electron chi connectivity index (χ2n) is 8.91. The van der Waals surface area contributed by atoms with Crippen LogP contribution < -0.4 is 9.62 Å². The second-order valence-corrected chi connectivity index (χ2v) is 12.4. The summed E-state index contributed by atoms with van der Waals surface area (Å²) in [6.07, 6.45) is 0.729. The lowest BCUT2D eigenvalue weighted by Crippen LogP contribution is -2.52. The van der Waals surface area contributed by atoms with E-state index in [1.165, 1.54) is 17.0 Å². The maximum absolute atomic E-state index is 13.9. The first kappa shape index (κ1) is 29.9. The Bertz CT molecular complexity index is 1350. The average molecular weight is 668 g/mol. The molecule has 0 bridgehead atoms. The van der Waals surface area contributed by atoms with Gasteiger partial charge in [0.2, 0.25) is 11.8 Å². The van der Waals surface area contributed by atoms with E-state index in [1.807, 2.05) is 13.8 Å². The highest BCUT2D eigenvalue weighted by atomic mass is 127. The molecule has 0 radical (unpaired) electrons. The summed E-state index contributed by atoms with van der Waals surface area (Å²) in [5, 5.41) is 3.36. The smallest absolute Gasteiger partial charge is 0.264 e. The Kier molecular flexibility index (Phi) is 10.6. The highest BCUT2D eigenvalue weighted by Crippen LogP contribution is 2.26. The third-order valence-electron chi connectivity index (χ3n) is 6.19. The van der Waals surface area contributed by atoms with Gasteiger partial charge in [-0.1, -0.05) is 54.9 Å². The number of halogens is 2. The van der Waals surface area contributed by atoms with E-state index in [0.29, 0.717) is 16.3 Å². The third-order valence-corrected chi connectivity index (χ3v) is 9.07. The molecule has 3 rings (SSSR count). The number of carbonyl (C=O) groups excluding carboxylic acids is 2. The van der Waals surface area contributed by atoms with E-state index in [-0.39, 0.29) is 23.4 Å². The molecule has 0 saturated carbocycles. The van der Waals surface area contributed by atoms with Gasteiger partial charge >= 0.3 is 0 Å². The fourth-order valence-corrected chi connectivity index (χ4v) is 5.70. The zero-order chi connectivity index (χ0) is 27.9. The highest BCUT2D eigenvalue weighted by Gasteiger charge is 2.33. The summed E-state index contributed by atoms with van der Waals surface area (Å²) in [4.78, 5) is 28.4. The number of rotatable bonds is 11. The van der Waals surface area contributed by atoms with Crippen LogP contribution >= 0.6 is 34.2 Å². The Labute approximate surface area is 243 Å². The van der Waals surface area contributed by atoms with Crippen molar-refractivity contribution in [3.63, 3.8) is 0 Å². The van der Waals surface area contributed by atoms with Gasteiger partial charge < -0.3 is 10.2 Å². The molecule has 0 aliphatic heterocycles. The lowest BCUT2D eigenvalue weighted by molar-refractivity contribution is -0.139. The molecule has 0 unspecified atom stereocenters. The minimum Gasteiger partial charge on any atom is -0.352 e. The van der Waals surface area contributed by atoms with Crippen molar-refractivity contribution in [2.75, 3.05) is 10.8 Å². The van der Waals surface area contributed by atoms with Gasteiger partial charge in [-0.15, -0.1) is 0 Å². The van der Waals surface area contributed by atoms with Crippen molar-refractivity contribution in [3.05, 3.63) is 93.0 Å². The Morgan fingerprint density at radius 1 is 0.947 bits per heavy atom. The SMILES string of the molecule is CC[C@@H](C)NC(=O)[C@@H](C)N(Cc1ccccc1Cl)C(=O)CN(c1ccc(I)cc1)S(=O)(=O)c1ccccc1. The fraction of sp³-hybridized carbons (Fsp3) is 0.286. The maximum Gasteiger partial charge on any atom is 0.264 e. The number of amides is 2. The Morgan fingerprint density at radius 3 is 2.16 bits per heavy atom. The molecule has 0 aromatic heterocycles. The fourth-order valence-electron chi connectivity index (χ4n) is 3.71. The summed E-state index contributed by atoms with van der Waals surface area (Å²) >= 11 is 8.52. The molecule has 2 atom stereocenters. The van der Waals surface area contributed by atoms with E-state index < -0.39 is 28.5 Å². The van der Waals surface area contributed by atoms with Crippen molar-refractivity contribution in [3.8, 4) is 0 Å². The van der Waals surface area contributed by atoms with Crippen LogP contribution in [0.2, 0.25) is 5.02 Å². The molecule has 0 fully saturated rings. The first-order valence-corrected chi connectivity index (χ1v) is 15.1. The maximum atomic E-state index is 13.9. The number of nitrogens with zero attached hydrogens (tertiary/aromatic N) is 2. The van der Waals surface area contributed by atoms with Crippen molar-refractivity contribution in [1.82, 2.24) is 10.2 Å². The molecule has 0 saturated heterocycles. The zero-order valence-corrected chi connectivity index (χ0v) is 25.2. The molecule has 0 heterocycles. The third kappa shape index (κ3) is 7.48. The standard InChI is InChI=1S/C28H31ClIN3O4S/c1-4-20(2)31-28(35)21(3)32(18-22-10-8-9-13-26(22)29)27(34)19-33(24-16-14-23(30)15-17-24)38(36,37)25-11-6-5-7-12-25/h5-17,20-21H,4,18-19H2,1-3H3,(H,31,35)/t20-,21-/m1/s1. The largest absolute Gasteiger partial charge is 0.352 e. The van der Waals surface area contributed by atoms with Crippen LogP contribution in [0.15, 0.2) is 83.8 Å². The molecule has 3 aromatic carbocycles. The van der Waals surface area contributed by atoms with Gasteiger partial charge in [0.1, 0.15) is 12.6 Å². The number of nitrogens with one attached hydrogen (secondary N) is 1. The first-order chi connectivity index (χ1) is 18.0. The number of carbonyl (C=O) groups is 2. The predicted molar refractivity (Wildman–Crippen MR) is 159 cm³/mol. The lowest BCUT2D eigenvalue weighted by atomic mass is 10.1. The van der Waals surface area contributed by atoms with Crippen LogP contribution in [0.3, 0.4) is 0 Å². The van der Waals surface area contributed by atoms with Crippen molar-refractivity contribution < 1.29 is 18.0 Å². The van der Waals surface area contributed by atoms with Gasteiger partial charge in [0.25, 0.3) is 10.0 Å². The van der Waals surface area contributed by atoms with Crippen LogP contribution in [0.4, 0.5) is 5.69 Å². The minimum atomic E-state index is -4.09. The van der Waals surface area contributed by atoms with Gasteiger partial charge in [0, 0.05) is 21.2 Å². The van der Waals surface area contributed by atoms with E-state index in [0.717, 1.165) is 14.3 Å². The van der Waals surface area contributed by atoms with Crippen LogP contribution in [0.5, 0.6) is 0 Å². The Morgan fingerprint density at radius 2 is 1.55 bits per heavy atom. The van der Waals surface area contributed by atoms with Crippen molar-refractivity contribution in [2.45, 2.75) is 50.7 Å². The molecule has 2 amide bonds. The molecular weight excluding hydrogens is 637 g/mol. The van der Waals surface area contributed by atoms with E-state index in [1.54, 1.807) is 73.7 Å². The molecule has 1 N–H and O–H groups in total. The summed E-state index contributed by atoms with van der Waals surface area (Å²) < 4.78 is 29.5. The number of benzene rings is 3. The van der Waals surface area contributed by atoms with Gasteiger partial charge in [-0.05, 0) is 90.9 Å². The van der Waals surface area contributed by atoms with Crippen molar-refractivity contribution in [2.24, 2.45) is 0 Å². The topological polar surface area (TPSA) is 86.8 Å². The minimum absolute atomic E-state index is 0.0412. The van der Waals surface area contributed by atoms with E-state index in [2.05, 4.69) is 27.9 Å². The van der Waals surface area contributed by atoms with Gasteiger partial charge in [-0.2, -0.15) is 0 Å². The number of hydrogen-bond acceptors (Lipinski definition) is 4. The summed E-state index contributed by atoms with van der Waals surface area (Å²) in [6.45, 7) is 5.02. The molecule has 38 heavy (non-hydrogen) atoms. The highest BCUT2D eigenvalue weighted by molar-refractivity contribution is 14.1.